The Bertz CT molecular complexity index is 529. The molecular weight excluding hydrogens is 188 g/mol. The minimum atomic E-state index is -0.126. The summed E-state index contributed by atoms with van der Waals surface area (Å²) in [5.41, 5.74) is 3.40. The Balaban J connectivity index is 2.73. The van der Waals surface area contributed by atoms with Gasteiger partial charge in [-0.05, 0) is 19.4 Å². The topological polar surface area (TPSA) is 45.8 Å². The summed E-state index contributed by atoms with van der Waals surface area (Å²) in [7, 11) is 0. The second-order valence-corrected chi connectivity index (χ2v) is 3.50. The van der Waals surface area contributed by atoms with Crippen molar-refractivity contribution in [1.82, 2.24) is 10.2 Å². The van der Waals surface area contributed by atoms with E-state index in [1.807, 2.05) is 44.2 Å². The minimum Gasteiger partial charge on any atom is -0.268 e. The predicted molar refractivity (Wildman–Crippen MR) is 59.8 cm³/mol. The number of nitrogens with one attached hydrogen (secondary N) is 1. The molecule has 0 unspecified atom stereocenters. The van der Waals surface area contributed by atoms with Gasteiger partial charge in [-0.25, -0.2) is 5.10 Å². The highest BCUT2D eigenvalue weighted by atomic mass is 16.1. The summed E-state index contributed by atoms with van der Waals surface area (Å²) in [5, 5.41) is 6.45. The summed E-state index contributed by atoms with van der Waals surface area (Å²) >= 11 is 0. The van der Waals surface area contributed by atoms with E-state index in [0.717, 1.165) is 16.8 Å². The molecule has 0 aliphatic heterocycles. The summed E-state index contributed by atoms with van der Waals surface area (Å²) < 4.78 is 0. The number of aromatic amines is 1. The molecule has 76 valence electrons. The van der Waals surface area contributed by atoms with Crippen molar-refractivity contribution in [3.8, 4) is 11.1 Å². The molecule has 0 spiro atoms. The third-order valence-corrected chi connectivity index (χ3v) is 2.47. The molecule has 3 heteroatoms. The number of nitrogens with zero attached hydrogens (tertiary/aromatic N) is 1. The van der Waals surface area contributed by atoms with E-state index in [-0.39, 0.29) is 5.56 Å². The van der Waals surface area contributed by atoms with Crippen molar-refractivity contribution in [3.05, 3.63) is 51.9 Å². The van der Waals surface area contributed by atoms with Crippen molar-refractivity contribution in [2.75, 3.05) is 0 Å². The summed E-state index contributed by atoms with van der Waals surface area (Å²) in [4.78, 5) is 11.4. The van der Waals surface area contributed by atoms with Gasteiger partial charge < -0.3 is 0 Å². The van der Waals surface area contributed by atoms with Gasteiger partial charge in [0, 0.05) is 11.1 Å². The molecule has 1 aromatic carbocycles. The van der Waals surface area contributed by atoms with Crippen molar-refractivity contribution in [1.29, 1.82) is 0 Å². The van der Waals surface area contributed by atoms with Crippen molar-refractivity contribution in [2.24, 2.45) is 0 Å². The molecule has 15 heavy (non-hydrogen) atoms. The molecule has 3 nitrogen and oxygen atoms in total. The number of aromatic nitrogens is 2. The van der Waals surface area contributed by atoms with Crippen LogP contribution in [0.4, 0.5) is 0 Å². The Morgan fingerprint density at radius 1 is 1.13 bits per heavy atom. The zero-order valence-electron chi connectivity index (χ0n) is 8.74. The molecule has 1 aromatic heterocycles. The second-order valence-electron chi connectivity index (χ2n) is 3.50. The number of hydrogen-bond donors (Lipinski definition) is 1. The van der Waals surface area contributed by atoms with Gasteiger partial charge in [-0.3, -0.25) is 4.79 Å². The number of H-pyrrole nitrogens is 1. The van der Waals surface area contributed by atoms with Crippen LogP contribution in [0.1, 0.15) is 11.3 Å². The molecule has 1 heterocycles. The SMILES string of the molecule is Cc1n[nH]c(=O)c(C)c1-c1ccccc1. The van der Waals surface area contributed by atoms with Crippen LogP contribution in [-0.2, 0) is 0 Å². The van der Waals surface area contributed by atoms with Crippen LogP contribution in [0.2, 0.25) is 0 Å². The van der Waals surface area contributed by atoms with E-state index < -0.39 is 0 Å². The normalized spacial score (nSPS) is 10.3. The molecule has 0 saturated carbocycles. The largest absolute Gasteiger partial charge is 0.268 e. The average molecular weight is 200 g/mol. The van der Waals surface area contributed by atoms with Crippen LogP contribution in [0.5, 0.6) is 0 Å². The van der Waals surface area contributed by atoms with Gasteiger partial charge in [0.25, 0.3) is 5.56 Å². The first-order chi connectivity index (χ1) is 7.20. The Kier molecular flexibility index (Phi) is 2.37. The predicted octanol–water partition coefficient (Wildman–Crippen LogP) is 2.05. The number of hydrogen-bond acceptors (Lipinski definition) is 2. The van der Waals surface area contributed by atoms with Crippen LogP contribution < -0.4 is 5.56 Å². The molecule has 0 aliphatic rings. The first-order valence-corrected chi connectivity index (χ1v) is 4.81. The Hall–Kier alpha value is -1.90. The van der Waals surface area contributed by atoms with Crippen molar-refractivity contribution in [3.63, 3.8) is 0 Å². The van der Waals surface area contributed by atoms with Crippen LogP contribution in [0.3, 0.4) is 0 Å². The molecule has 0 radical (unpaired) electrons. The fourth-order valence-corrected chi connectivity index (χ4v) is 1.69. The van der Waals surface area contributed by atoms with Crippen molar-refractivity contribution in [2.45, 2.75) is 13.8 Å². The van der Waals surface area contributed by atoms with Crippen LogP contribution >= 0.6 is 0 Å². The van der Waals surface area contributed by atoms with Gasteiger partial charge in [-0.15, -0.1) is 0 Å². The van der Waals surface area contributed by atoms with E-state index >= 15 is 0 Å². The smallest absolute Gasteiger partial charge is 0.267 e. The standard InChI is InChI=1S/C12H12N2O/c1-8-11(9(2)13-14-12(8)15)10-6-4-3-5-7-10/h3-7H,1-2H3,(H,14,15). The van der Waals surface area contributed by atoms with Gasteiger partial charge >= 0.3 is 0 Å². The molecule has 0 amide bonds. The van der Waals surface area contributed by atoms with Crippen molar-refractivity contribution >= 4 is 0 Å². The van der Waals surface area contributed by atoms with Gasteiger partial charge in [-0.2, -0.15) is 5.10 Å². The van der Waals surface area contributed by atoms with Gasteiger partial charge in [0.05, 0.1) is 5.69 Å². The summed E-state index contributed by atoms with van der Waals surface area (Å²) in [6, 6.07) is 9.83. The van der Waals surface area contributed by atoms with Crippen LogP contribution in [0.15, 0.2) is 35.1 Å². The number of aryl methyl sites for hydroxylation is 1. The molecule has 2 aromatic rings. The molecular formula is C12H12N2O. The Labute approximate surface area is 87.8 Å². The third kappa shape index (κ3) is 1.68. The highest BCUT2D eigenvalue weighted by molar-refractivity contribution is 5.68. The highest BCUT2D eigenvalue weighted by Crippen LogP contribution is 2.22. The maximum atomic E-state index is 11.4. The molecule has 0 atom stereocenters. The lowest BCUT2D eigenvalue weighted by Gasteiger charge is -2.07. The van der Waals surface area contributed by atoms with E-state index in [1.54, 1.807) is 0 Å². The van der Waals surface area contributed by atoms with E-state index in [1.165, 1.54) is 0 Å². The second kappa shape index (κ2) is 3.69. The van der Waals surface area contributed by atoms with Gasteiger partial charge in [-0.1, -0.05) is 30.3 Å². The van der Waals surface area contributed by atoms with E-state index in [9.17, 15) is 4.79 Å². The molecule has 2 rings (SSSR count). The van der Waals surface area contributed by atoms with E-state index in [4.69, 9.17) is 0 Å². The third-order valence-electron chi connectivity index (χ3n) is 2.47. The quantitative estimate of drug-likeness (QED) is 0.765. The maximum Gasteiger partial charge on any atom is 0.267 e. The lowest BCUT2D eigenvalue weighted by Crippen LogP contribution is -2.14. The summed E-state index contributed by atoms with van der Waals surface area (Å²) in [6.45, 7) is 3.71. The van der Waals surface area contributed by atoms with Crippen molar-refractivity contribution < 1.29 is 0 Å². The van der Waals surface area contributed by atoms with Gasteiger partial charge in [0.1, 0.15) is 0 Å². The molecule has 0 saturated heterocycles. The fraction of sp³-hybridized carbons (Fsp3) is 0.167. The lowest BCUT2D eigenvalue weighted by atomic mass is 10.0. The zero-order chi connectivity index (χ0) is 10.8. The molecule has 1 N–H and O–H groups in total. The first kappa shape index (κ1) is 9.65. The van der Waals surface area contributed by atoms with Crippen LogP contribution in [0, 0.1) is 13.8 Å². The molecule has 0 fully saturated rings. The van der Waals surface area contributed by atoms with E-state index in [2.05, 4.69) is 10.2 Å². The number of rotatable bonds is 1. The van der Waals surface area contributed by atoms with Gasteiger partial charge in [0.2, 0.25) is 0 Å². The molecule has 0 aliphatic carbocycles. The van der Waals surface area contributed by atoms with Crippen LogP contribution in [-0.4, -0.2) is 10.2 Å². The summed E-state index contributed by atoms with van der Waals surface area (Å²) in [5.74, 6) is 0. The molecule has 0 bridgehead atoms. The zero-order valence-corrected chi connectivity index (χ0v) is 8.74. The lowest BCUT2D eigenvalue weighted by molar-refractivity contribution is 0.933. The minimum absolute atomic E-state index is 0.126. The van der Waals surface area contributed by atoms with Crippen LogP contribution in [0.25, 0.3) is 11.1 Å². The highest BCUT2D eigenvalue weighted by Gasteiger charge is 2.08. The average Bonchev–Trinajstić information content (AvgIpc) is 2.26. The Morgan fingerprint density at radius 3 is 2.47 bits per heavy atom. The first-order valence-electron chi connectivity index (χ1n) is 4.81. The summed E-state index contributed by atoms with van der Waals surface area (Å²) in [6.07, 6.45) is 0. The van der Waals surface area contributed by atoms with E-state index in [0.29, 0.717) is 5.56 Å². The van der Waals surface area contributed by atoms with Gasteiger partial charge in [0.15, 0.2) is 0 Å². The maximum absolute atomic E-state index is 11.4. The fourth-order valence-electron chi connectivity index (χ4n) is 1.69. The number of benzene rings is 1. The Morgan fingerprint density at radius 2 is 1.80 bits per heavy atom. The monoisotopic (exact) mass is 200 g/mol.